The normalized spacial score (nSPS) is 12.6. The quantitative estimate of drug-likeness (QED) is 0.284. The third-order valence-corrected chi connectivity index (χ3v) is 4.64. The summed E-state index contributed by atoms with van der Waals surface area (Å²) >= 11 is 0. The highest BCUT2D eigenvalue weighted by Gasteiger charge is 2.25. The molecule has 0 radical (unpaired) electrons. The van der Waals surface area contributed by atoms with Crippen LogP contribution in [0.25, 0.3) is 0 Å². The van der Waals surface area contributed by atoms with Crippen LogP contribution in [0.15, 0.2) is 48.5 Å². The molecule has 0 aromatic heterocycles. The molecule has 0 saturated carbocycles. The highest BCUT2D eigenvalue weighted by Crippen LogP contribution is 2.09. The largest absolute Gasteiger partial charge is 0.391 e. The molecule has 0 unspecified atom stereocenters. The fourth-order valence-corrected chi connectivity index (χ4v) is 2.68. The van der Waals surface area contributed by atoms with E-state index in [1.165, 1.54) is 19.1 Å². The number of hydrogen-bond donors (Lipinski definition) is 6. The Balaban J connectivity index is 1.97. The van der Waals surface area contributed by atoms with Gasteiger partial charge in [0.1, 0.15) is 12.6 Å². The maximum absolute atomic E-state index is 12.3. The summed E-state index contributed by atoms with van der Waals surface area (Å²) in [5.41, 5.74) is 13.1. The summed E-state index contributed by atoms with van der Waals surface area (Å²) in [7, 11) is 0. The van der Waals surface area contributed by atoms with E-state index in [-0.39, 0.29) is 18.0 Å². The summed E-state index contributed by atoms with van der Waals surface area (Å²) in [6, 6.07) is 11.2. The standard InChI is InChI=1S/C25H26N4O5/c1-16(31)23(22(32)15-30)29-24(33)19-10-6-17(7-11-19)4-2-3-5-18-8-12-20(13-9-18)28-25(34)21(27)14-26/h6-13,16,21,23,30-31H,14-15,26-27H2,1H3,(H,28,34)(H,29,33)/t16-,21+,23+/m1/s1. The highest BCUT2D eigenvalue weighted by atomic mass is 16.3. The number of nitrogens with two attached hydrogens (primary N) is 2. The van der Waals surface area contributed by atoms with Crippen LogP contribution in [0.4, 0.5) is 5.69 Å². The molecule has 9 nitrogen and oxygen atoms in total. The van der Waals surface area contributed by atoms with Crippen LogP contribution in [-0.2, 0) is 9.59 Å². The third kappa shape index (κ3) is 7.85. The highest BCUT2D eigenvalue weighted by molar-refractivity contribution is 5.98. The van der Waals surface area contributed by atoms with Crippen LogP contribution in [0.2, 0.25) is 0 Å². The zero-order valence-electron chi connectivity index (χ0n) is 18.5. The van der Waals surface area contributed by atoms with Crippen molar-refractivity contribution >= 4 is 23.3 Å². The van der Waals surface area contributed by atoms with E-state index >= 15 is 0 Å². The van der Waals surface area contributed by atoms with Crippen LogP contribution < -0.4 is 22.1 Å². The first-order valence-corrected chi connectivity index (χ1v) is 10.4. The van der Waals surface area contributed by atoms with Gasteiger partial charge in [0.25, 0.3) is 5.91 Å². The minimum Gasteiger partial charge on any atom is -0.391 e. The number of amides is 2. The molecule has 0 bridgehead atoms. The number of anilines is 1. The molecule has 0 heterocycles. The van der Waals surface area contributed by atoms with Crippen molar-refractivity contribution < 1.29 is 24.6 Å². The number of Topliss-reactive ketones (excluding diaryl/α,β-unsaturated/α-hetero) is 1. The Bertz CT molecular complexity index is 1140. The Kier molecular flexibility index (Phi) is 9.96. The van der Waals surface area contributed by atoms with Crippen molar-refractivity contribution in [1.29, 1.82) is 0 Å². The molecule has 2 aromatic rings. The Labute approximate surface area is 197 Å². The van der Waals surface area contributed by atoms with Crippen molar-refractivity contribution in [3.8, 4) is 23.7 Å². The van der Waals surface area contributed by atoms with Crippen molar-refractivity contribution in [2.75, 3.05) is 18.5 Å². The van der Waals surface area contributed by atoms with Crippen molar-refractivity contribution in [2.45, 2.75) is 25.1 Å². The molecule has 0 fully saturated rings. The number of nitrogens with one attached hydrogen (secondary N) is 2. The molecule has 3 atom stereocenters. The molecule has 34 heavy (non-hydrogen) atoms. The van der Waals surface area contributed by atoms with Gasteiger partial charge in [0.2, 0.25) is 5.91 Å². The smallest absolute Gasteiger partial charge is 0.251 e. The van der Waals surface area contributed by atoms with Crippen LogP contribution in [-0.4, -0.2) is 59.1 Å². The molecule has 2 amide bonds. The molecular weight excluding hydrogens is 436 g/mol. The van der Waals surface area contributed by atoms with Crippen LogP contribution >= 0.6 is 0 Å². The summed E-state index contributed by atoms with van der Waals surface area (Å²) in [5, 5.41) is 23.6. The monoisotopic (exact) mass is 462 g/mol. The fourth-order valence-electron chi connectivity index (χ4n) is 2.68. The predicted octanol–water partition coefficient (Wildman–Crippen LogP) is -0.645. The maximum atomic E-state index is 12.3. The van der Waals surface area contributed by atoms with Gasteiger partial charge >= 0.3 is 0 Å². The lowest BCUT2D eigenvalue weighted by Crippen LogP contribution is -2.48. The lowest BCUT2D eigenvalue weighted by molar-refractivity contribution is -0.126. The van der Waals surface area contributed by atoms with Gasteiger partial charge in [-0.15, -0.1) is 0 Å². The van der Waals surface area contributed by atoms with Crippen LogP contribution in [0.3, 0.4) is 0 Å². The molecule has 0 aliphatic rings. The lowest BCUT2D eigenvalue weighted by Gasteiger charge is -2.19. The van der Waals surface area contributed by atoms with E-state index in [2.05, 4.69) is 34.3 Å². The van der Waals surface area contributed by atoms with Crippen molar-refractivity contribution in [1.82, 2.24) is 5.32 Å². The van der Waals surface area contributed by atoms with E-state index in [1.807, 2.05) is 0 Å². The molecule has 0 aliphatic heterocycles. The van der Waals surface area contributed by atoms with Gasteiger partial charge in [0, 0.05) is 28.9 Å². The molecule has 176 valence electrons. The first-order valence-electron chi connectivity index (χ1n) is 10.4. The Morgan fingerprint density at radius 2 is 1.50 bits per heavy atom. The second-order valence-corrected chi connectivity index (χ2v) is 7.30. The van der Waals surface area contributed by atoms with Gasteiger partial charge in [-0.25, -0.2) is 0 Å². The van der Waals surface area contributed by atoms with Crippen LogP contribution in [0, 0.1) is 23.7 Å². The van der Waals surface area contributed by atoms with E-state index in [9.17, 15) is 19.5 Å². The van der Waals surface area contributed by atoms with Crippen molar-refractivity contribution in [3.05, 3.63) is 65.2 Å². The number of benzene rings is 2. The van der Waals surface area contributed by atoms with E-state index in [1.54, 1.807) is 36.4 Å². The molecule has 0 spiro atoms. The zero-order chi connectivity index (χ0) is 25.1. The Morgan fingerprint density at radius 3 is 1.97 bits per heavy atom. The number of aliphatic hydroxyl groups is 2. The first kappa shape index (κ1) is 26.3. The van der Waals surface area contributed by atoms with E-state index < -0.39 is 36.5 Å². The first-order chi connectivity index (χ1) is 16.2. The number of carbonyl (C=O) groups excluding carboxylic acids is 3. The van der Waals surface area contributed by atoms with Gasteiger partial charge in [-0.1, -0.05) is 11.8 Å². The fraction of sp³-hybridized carbons (Fsp3) is 0.240. The number of rotatable bonds is 8. The van der Waals surface area contributed by atoms with E-state index in [0.717, 1.165) is 0 Å². The van der Waals surface area contributed by atoms with Crippen molar-refractivity contribution in [2.24, 2.45) is 11.5 Å². The van der Waals surface area contributed by atoms with Gasteiger partial charge in [-0.2, -0.15) is 0 Å². The molecule has 8 N–H and O–H groups in total. The number of carbonyl (C=O) groups is 3. The maximum Gasteiger partial charge on any atom is 0.251 e. The van der Waals surface area contributed by atoms with Gasteiger partial charge < -0.3 is 32.3 Å². The summed E-state index contributed by atoms with van der Waals surface area (Å²) in [6.07, 6.45) is -1.14. The molecular formula is C25H26N4O5. The van der Waals surface area contributed by atoms with Crippen LogP contribution in [0.5, 0.6) is 0 Å². The molecule has 2 rings (SSSR count). The molecule has 2 aromatic carbocycles. The summed E-state index contributed by atoms with van der Waals surface area (Å²) in [6.45, 7) is 0.623. The summed E-state index contributed by atoms with van der Waals surface area (Å²) in [4.78, 5) is 35.7. The summed E-state index contributed by atoms with van der Waals surface area (Å²) in [5.74, 6) is 9.59. The zero-order valence-corrected chi connectivity index (χ0v) is 18.5. The molecule has 0 saturated heterocycles. The van der Waals surface area contributed by atoms with Gasteiger partial charge in [-0.05, 0) is 67.3 Å². The van der Waals surface area contributed by atoms with Crippen LogP contribution in [0.1, 0.15) is 28.4 Å². The van der Waals surface area contributed by atoms with E-state index in [4.69, 9.17) is 16.6 Å². The third-order valence-electron chi connectivity index (χ3n) is 4.64. The van der Waals surface area contributed by atoms with Gasteiger partial charge in [-0.3, -0.25) is 14.4 Å². The topological polar surface area (TPSA) is 168 Å². The Morgan fingerprint density at radius 1 is 0.971 bits per heavy atom. The van der Waals surface area contributed by atoms with Gasteiger partial charge in [0.15, 0.2) is 5.78 Å². The number of hydrogen-bond acceptors (Lipinski definition) is 7. The lowest BCUT2D eigenvalue weighted by atomic mass is 10.1. The van der Waals surface area contributed by atoms with E-state index in [0.29, 0.717) is 16.8 Å². The molecule has 9 heteroatoms. The molecule has 0 aliphatic carbocycles. The number of aliphatic hydroxyl groups excluding tert-OH is 2. The minimum absolute atomic E-state index is 0.0546. The van der Waals surface area contributed by atoms with Gasteiger partial charge in [0.05, 0.1) is 12.1 Å². The SMILES string of the molecule is C[C@@H](O)[C@H](NC(=O)c1ccc(C#CC#Cc2ccc(NC(=O)[C@@H](N)CN)cc2)cc1)C(=O)CO. The Hall–Kier alpha value is -3.99. The van der Waals surface area contributed by atoms with Crippen molar-refractivity contribution in [3.63, 3.8) is 0 Å². The second-order valence-electron chi connectivity index (χ2n) is 7.30. The predicted molar refractivity (Wildman–Crippen MR) is 127 cm³/mol. The average molecular weight is 463 g/mol. The number of ketones is 1. The second kappa shape index (κ2) is 12.9. The average Bonchev–Trinajstić information content (AvgIpc) is 2.85. The summed E-state index contributed by atoms with van der Waals surface area (Å²) < 4.78 is 0. The minimum atomic E-state index is -1.19.